The van der Waals surface area contributed by atoms with Gasteiger partial charge in [0.1, 0.15) is 0 Å². The van der Waals surface area contributed by atoms with Crippen molar-refractivity contribution in [2.24, 2.45) is 0 Å². The monoisotopic (exact) mass is 452 g/mol. The first-order valence-corrected chi connectivity index (χ1v) is 10.6. The summed E-state index contributed by atoms with van der Waals surface area (Å²) >= 11 is 0. The number of sulfonamides is 1. The Morgan fingerprint density at radius 3 is 2.39 bits per heavy atom. The van der Waals surface area contributed by atoms with Crippen molar-refractivity contribution in [1.29, 1.82) is 0 Å². The fourth-order valence-electron chi connectivity index (χ4n) is 2.79. The van der Waals surface area contributed by atoms with E-state index in [2.05, 4.69) is 20.3 Å². The zero-order chi connectivity index (χ0) is 22.6. The number of carbonyl (C=O) groups excluding carboxylic acids is 1. The first-order valence-electron chi connectivity index (χ1n) is 9.10. The van der Waals surface area contributed by atoms with Crippen LogP contribution in [-0.4, -0.2) is 32.9 Å². The minimum absolute atomic E-state index is 0.0956. The molecule has 0 saturated carbocycles. The van der Waals surface area contributed by atoms with E-state index in [1.165, 1.54) is 13.1 Å². The van der Waals surface area contributed by atoms with Gasteiger partial charge in [0.25, 0.3) is 10.0 Å². The van der Waals surface area contributed by atoms with Crippen LogP contribution in [0.1, 0.15) is 11.3 Å². The molecular weight excluding hydrogens is 433 g/mol. The second kappa shape index (κ2) is 8.90. The third-order valence-electron chi connectivity index (χ3n) is 4.38. The molecule has 31 heavy (non-hydrogen) atoms. The number of para-hydroxylation sites is 1. The molecule has 7 nitrogen and oxygen atoms in total. The summed E-state index contributed by atoms with van der Waals surface area (Å²) in [6, 6.07) is 11.6. The Labute approximate surface area is 176 Å². The standard InChI is InChI=1S/C20H19F3N4O3S/c1-24-18(28)12-25-11-15-8-5-13-3-2-4-17(19(13)26-15)27-31(29,30)16-9-6-14(7-10-16)20(21,22)23/h2-10,25,27H,11-12H2,1H3,(H,24,28). The quantitative estimate of drug-likeness (QED) is 0.512. The van der Waals surface area contributed by atoms with Gasteiger partial charge >= 0.3 is 6.18 Å². The molecule has 0 aliphatic carbocycles. The highest BCUT2D eigenvalue weighted by atomic mass is 32.2. The Hall–Kier alpha value is -3.18. The van der Waals surface area contributed by atoms with Gasteiger partial charge in [0, 0.05) is 19.0 Å². The minimum atomic E-state index is -4.56. The van der Waals surface area contributed by atoms with Crippen LogP contribution in [-0.2, 0) is 27.5 Å². The predicted molar refractivity (Wildman–Crippen MR) is 110 cm³/mol. The molecule has 0 unspecified atom stereocenters. The number of alkyl halides is 3. The van der Waals surface area contributed by atoms with Crippen molar-refractivity contribution in [3.63, 3.8) is 0 Å². The van der Waals surface area contributed by atoms with Crippen LogP contribution in [0.15, 0.2) is 59.5 Å². The Bertz CT molecular complexity index is 1200. The van der Waals surface area contributed by atoms with E-state index in [4.69, 9.17) is 0 Å². The van der Waals surface area contributed by atoms with Gasteiger partial charge in [0.05, 0.1) is 33.9 Å². The van der Waals surface area contributed by atoms with Gasteiger partial charge in [-0.3, -0.25) is 9.52 Å². The smallest absolute Gasteiger partial charge is 0.358 e. The van der Waals surface area contributed by atoms with E-state index in [0.717, 1.165) is 12.1 Å². The summed E-state index contributed by atoms with van der Waals surface area (Å²) < 4.78 is 66.0. The van der Waals surface area contributed by atoms with Gasteiger partial charge in [-0.25, -0.2) is 13.4 Å². The number of nitrogens with zero attached hydrogens (tertiary/aromatic N) is 1. The summed E-state index contributed by atoms with van der Waals surface area (Å²) in [7, 11) is -2.62. The molecule has 0 spiro atoms. The maximum absolute atomic E-state index is 12.7. The third kappa shape index (κ3) is 5.50. The van der Waals surface area contributed by atoms with Crippen molar-refractivity contribution >= 4 is 32.5 Å². The van der Waals surface area contributed by atoms with Crippen molar-refractivity contribution in [1.82, 2.24) is 15.6 Å². The molecule has 2 aromatic carbocycles. The maximum Gasteiger partial charge on any atom is 0.416 e. The van der Waals surface area contributed by atoms with Gasteiger partial charge in [-0.05, 0) is 36.4 Å². The number of hydrogen-bond acceptors (Lipinski definition) is 5. The Morgan fingerprint density at radius 2 is 1.74 bits per heavy atom. The fourth-order valence-corrected chi connectivity index (χ4v) is 3.85. The van der Waals surface area contributed by atoms with Crippen molar-refractivity contribution in [3.8, 4) is 0 Å². The molecule has 0 aliphatic rings. The van der Waals surface area contributed by atoms with Crippen LogP contribution in [0.5, 0.6) is 0 Å². The number of nitrogens with one attached hydrogen (secondary N) is 3. The van der Waals surface area contributed by atoms with Crippen molar-refractivity contribution in [2.75, 3.05) is 18.3 Å². The number of likely N-dealkylation sites (N-methyl/N-ethyl adjacent to an activating group) is 1. The van der Waals surface area contributed by atoms with Gasteiger partial charge in [-0.15, -0.1) is 0 Å². The van der Waals surface area contributed by atoms with Crippen molar-refractivity contribution < 1.29 is 26.4 Å². The van der Waals surface area contributed by atoms with E-state index >= 15 is 0 Å². The molecule has 3 N–H and O–H groups in total. The first kappa shape index (κ1) is 22.5. The lowest BCUT2D eigenvalue weighted by atomic mass is 10.2. The zero-order valence-corrected chi connectivity index (χ0v) is 17.1. The SMILES string of the molecule is CNC(=O)CNCc1ccc2cccc(NS(=O)(=O)c3ccc(C(F)(F)F)cc3)c2n1. The molecule has 11 heteroatoms. The fraction of sp³-hybridized carbons (Fsp3) is 0.200. The van der Waals surface area contributed by atoms with Gasteiger partial charge in [-0.2, -0.15) is 13.2 Å². The van der Waals surface area contributed by atoms with Crippen LogP contribution in [0.25, 0.3) is 10.9 Å². The Balaban J connectivity index is 1.86. The topological polar surface area (TPSA) is 100 Å². The highest BCUT2D eigenvalue weighted by Gasteiger charge is 2.30. The van der Waals surface area contributed by atoms with Gasteiger partial charge in [0.15, 0.2) is 0 Å². The molecule has 0 saturated heterocycles. The number of amides is 1. The molecule has 3 rings (SSSR count). The number of hydrogen-bond donors (Lipinski definition) is 3. The van der Waals surface area contributed by atoms with Crippen molar-refractivity contribution in [2.45, 2.75) is 17.6 Å². The molecule has 0 aliphatic heterocycles. The van der Waals surface area contributed by atoms with E-state index in [1.54, 1.807) is 24.3 Å². The molecule has 0 radical (unpaired) electrons. The lowest BCUT2D eigenvalue weighted by Gasteiger charge is -2.12. The Kier molecular flexibility index (Phi) is 6.46. The van der Waals surface area contributed by atoms with Gasteiger partial charge in [-0.1, -0.05) is 18.2 Å². The highest BCUT2D eigenvalue weighted by molar-refractivity contribution is 7.92. The van der Waals surface area contributed by atoms with E-state index in [1.807, 2.05) is 0 Å². The normalized spacial score (nSPS) is 12.0. The van der Waals surface area contributed by atoms with E-state index in [0.29, 0.717) is 28.7 Å². The zero-order valence-electron chi connectivity index (χ0n) is 16.3. The number of carbonyl (C=O) groups is 1. The number of benzene rings is 2. The number of anilines is 1. The summed E-state index contributed by atoms with van der Waals surface area (Å²) in [5, 5.41) is 6.07. The molecular formula is C20H19F3N4O3S. The first-order chi connectivity index (χ1) is 14.6. The minimum Gasteiger partial charge on any atom is -0.358 e. The van der Waals surface area contributed by atoms with Crippen LogP contribution in [0.3, 0.4) is 0 Å². The molecule has 164 valence electrons. The summed E-state index contributed by atoms with van der Waals surface area (Å²) in [6.07, 6.45) is -4.56. The van der Waals surface area contributed by atoms with Crippen LogP contribution in [0, 0.1) is 0 Å². The average molecular weight is 452 g/mol. The lowest BCUT2D eigenvalue weighted by molar-refractivity contribution is -0.137. The Morgan fingerprint density at radius 1 is 1.03 bits per heavy atom. The predicted octanol–water partition coefficient (Wildman–Crippen LogP) is 2.89. The number of aromatic nitrogens is 1. The summed E-state index contributed by atoms with van der Waals surface area (Å²) in [5.74, 6) is -0.189. The summed E-state index contributed by atoms with van der Waals surface area (Å²) in [5.41, 5.74) is 0.201. The van der Waals surface area contributed by atoms with E-state index < -0.39 is 21.8 Å². The van der Waals surface area contributed by atoms with Crippen molar-refractivity contribution in [3.05, 3.63) is 65.9 Å². The number of fused-ring (bicyclic) bond motifs is 1. The van der Waals surface area contributed by atoms with Gasteiger partial charge in [0.2, 0.25) is 5.91 Å². The maximum atomic E-state index is 12.7. The molecule has 0 fully saturated rings. The van der Waals surface area contributed by atoms with Crippen LogP contribution in [0.4, 0.5) is 18.9 Å². The van der Waals surface area contributed by atoms with E-state index in [9.17, 15) is 26.4 Å². The highest BCUT2D eigenvalue weighted by Crippen LogP contribution is 2.30. The molecule has 1 aromatic heterocycles. The van der Waals surface area contributed by atoms with Gasteiger partial charge < -0.3 is 10.6 Å². The number of rotatable bonds is 7. The molecule has 3 aromatic rings. The van der Waals surface area contributed by atoms with Crippen LogP contribution >= 0.6 is 0 Å². The molecule has 1 amide bonds. The van der Waals surface area contributed by atoms with E-state index in [-0.39, 0.29) is 29.6 Å². The summed E-state index contributed by atoms with van der Waals surface area (Å²) in [4.78, 5) is 15.5. The second-order valence-corrected chi connectivity index (χ2v) is 8.27. The lowest BCUT2D eigenvalue weighted by Crippen LogP contribution is -2.31. The molecule has 0 atom stereocenters. The largest absolute Gasteiger partial charge is 0.416 e. The average Bonchev–Trinajstić information content (AvgIpc) is 2.73. The number of pyridine rings is 1. The molecule has 1 heterocycles. The number of halogens is 3. The van der Waals surface area contributed by atoms with Crippen LogP contribution < -0.4 is 15.4 Å². The second-order valence-electron chi connectivity index (χ2n) is 6.58. The van der Waals surface area contributed by atoms with Crippen LogP contribution in [0.2, 0.25) is 0 Å². The summed E-state index contributed by atoms with van der Waals surface area (Å²) in [6.45, 7) is 0.377. The third-order valence-corrected chi connectivity index (χ3v) is 5.77. The molecule has 0 bridgehead atoms.